The topological polar surface area (TPSA) is 103 Å². The Kier molecular flexibility index (Phi) is 5.97. The lowest BCUT2D eigenvalue weighted by atomic mass is 10.1. The van der Waals surface area contributed by atoms with E-state index in [1.165, 1.54) is 12.1 Å². The van der Waals surface area contributed by atoms with Gasteiger partial charge in [0.1, 0.15) is 0 Å². The van der Waals surface area contributed by atoms with Crippen LogP contribution in [0.1, 0.15) is 19.4 Å². The Morgan fingerprint density at radius 3 is 2.50 bits per heavy atom. The standard InChI is InChI=1S/C17H20N4O3/c1-12(2)10-24-11-13-9-14(18)3-8-17(13)20-19-15-4-6-16(7-5-15)21(22)23/h3-9,12H,10-11,18H2,1-2H3. The number of non-ortho nitro benzene ring substituents is 1. The van der Waals surface area contributed by atoms with E-state index >= 15 is 0 Å². The van der Waals surface area contributed by atoms with Gasteiger partial charge in [0, 0.05) is 30.0 Å². The van der Waals surface area contributed by atoms with Crippen LogP contribution in [0.3, 0.4) is 0 Å². The number of hydrogen-bond acceptors (Lipinski definition) is 6. The highest BCUT2D eigenvalue weighted by atomic mass is 16.6. The minimum absolute atomic E-state index is 0.0178. The van der Waals surface area contributed by atoms with Gasteiger partial charge in [0.15, 0.2) is 0 Å². The third-order valence-corrected chi connectivity index (χ3v) is 3.15. The summed E-state index contributed by atoms with van der Waals surface area (Å²) in [6.45, 7) is 5.20. The first-order valence-electron chi connectivity index (χ1n) is 7.58. The fourth-order valence-electron chi connectivity index (χ4n) is 1.98. The van der Waals surface area contributed by atoms with E-state index in [4.69, 9.17) is 10.5 Å². The molecule has 0 amide bonds. The van der Waals surface area contributed by atoms with Crippen LogP contribution in [0.25, 0.3) is 0 Å². The highest BCUT2D eigenvalue weighted by Crippen LogP contribution is 2.26. The molecule has 0 aromatic heterocycles. The van der Waals surface area contributed by atoms with Crippen molar-refractivity contribution in [1.29, 1.82) is 0 Å². The van der Waals surface area contributed by atoms with Gasteiger partial charge >= 0.3 is 0 Å². The summed E-state index contributed by atoms with van der Waals surface area (Å²) in [6.07, 6.45) is 0. The van der Waals surface area contributed by atoms with Gasteiger partial charge in [-0.15, -0.1) is 0 Å². The van der Waals surface area contributed by atoms with Gasteiger partial charge in [-0.25, -0.2) is 0 Å². The van der Waals surface area contributed by atoms with E-state index in [2.05, 4.69) is 24.1 Å². The van der Waals surface area contributed by atoms with Gasteiger partial charge in [0.05, 0.1) is 22.9 Å². The van der Waals surface area contributed by atoms with Gasteiger partial charge in [-0.2, -0.15) is 10.2 Å². The third kappa shape index (κ3) is 5.13. The van der Waals surface area contributed by atoms with E-state index in [9.17, 15) is 10.1 Å². The second-order valence-electron chi connectivity index (χ2n) is 5.77. The number of nitrogens with two attached hydrogens (primary N) is 1. The number of rotatable bonds is 7. The van der Waals surface area contributed by atoms with Crippen LogP contribution in [-0.4, -0.2) is 11.5 Å². The van der Waals surface area contributed by atoms with Crippen LogP contribution in [0.2, 0.25) is 0 Å². The van der Waals surface area contributed by atoms with Crippen molar-refractivity contribution in [2.75, 3.05) is 12.3 Å². The number of nitrogens with zero attached hydrogens (tertiary/aromatic N) is 3. The molecule has 126 valence electrons. The highest BCUT2D eigenvalue weighted by molar-refractivity contribution is 5.54. The number of nitrogen functional groups attached to an aromatic ring is 1. The summed E-state index contributed by atoms with van der Waals surface area (Å²) in [5.41, 5.74) is 8.51. The molecule has 0 unspecified atom stereocenters. The first-order chi connectivity index (χ1) is 11.5. The van der Waals surface area contributed by atoms with Crippen molar-refractivity contribution in [2.45, 2.75) is 20.5 Å². The number of azo groups is 1. The normalized spacial score (nSPS) is 11.3. The van der Waals surface area contributed by atoms with Crippen molar-refractivity contribution in [1.82, 2.24) is 0 Å². The summed E-state index contributed by atoms with van der Waals surface area (Å²) in [7, 11) is 0. The van der Waals surface area contributed by atoms with Crippen molar-refractivity contribution in [3.05, 3.63) is 58.1 Å². The minimum Gasteiger partial charge on any atom is -0.399 e. The molecule has 2 aromatic rings. The Hall–Kier alpha value is -2.80. The summed E-state index contributed by atoms with van der Waals surface area (Å²) in [6, 6.07) is 11.2. The molecule has 0 saturated heterocycles. The molecule has 0 heterocycles. The first kappa shape index (κ1) is 17.6. The molecule has 0 aliphatic carbocycles. The molecule has 0 aliphatic heterocycles. The van der Waals surface area contributed by atoms with E-state index < -0.39 is 4.92 Å². The minimum atomic E-state index is -0.453. The molecule has 0 fully saturated rings. The maximum Gasteiger partial charge on any atom is 0.269 e. The molecule has 7 heteroatoms. The van der Waals surface area contributed by atoms with E-state index in [0.717, 1.165) is 5.56 Å². The number of benzene rings is 2. The average molecular weight is 328 g/mol. The summed E-state index contributed by atoms with van der Waals surface area (Å²) in [5, 5.41) is 19.0. The van der Waals surface area contributed by atoms with Gasteiger partial charge in [-0.05, 0) is 36.2 Å². The molecule has 24 heavy (non-hydrogen) atoms. The summed E-state index contributed by atoms with van der Waals surface area (Å²) < 4.78 is 5.64. The van der Waals surface area contributed by atoms with Crippen molar-refractivity contribution >= 4 is 22.7 Å². The van der Waals surface area contributed by atoms with Crippen LogP contribution < -0.4 is 5.73 Å². The Balaban J connectivity index is 2.14. The lowest BCUT2D eigenvalue weighted by Crippen LogP contribution is -2.02. The maximum atomic E-state index is 10.6. The van der Waals surface area contributed by atoms with Gasteiger partial charge < -0.3 is 10.5 Å². The maximum absolute atomic E-state index is 10.6. The molecule has 0 saturated carbocycles. The number of hydrogen-bond donors (Lipinski definition) is 1. The fraction of sp³-hybridized carbons (Fsp3) is 0.294. The zero-order chi connectivity index (χ0) is 17.5. The van der Waals surface area contributed by atoms with Crippen LogP contribution in [0.4, 0.5) is 22.7 Å². The largest absolute Gasteiger partial charge is 0.399 e. The van der Waals surface area contributed by atoms with Crippen molar-refractivity contribution < 1.29 is 9.66 Å². The number of anilines is 1. The van der Waals surface area contributed by atoms with Gasteiger partial charge in [0.2, 0.25) is 0 Å². The number of ether oxygens (including phenoxy) is 1. The van der Waals surface area contributed by atoms with E-state index in [-0.39, 0.29) is 5.69 Å². The Morgan fingerprint density at radius 2 is 1.88 bits per heavy atom. The summed E-state index contributed by atoms with van der Waals surface area (Å²) >= 11 is 0. The fourth-order valence-corrected chi connectivity index (χ4v) is 1.98. The summed E-state index contributed by atoms with van der Waals surface area (Å²) in [5.74, 6) is 0.441. The van der Waals surface area contributed by atoms with Gasteiger partial charge in [0.25, 0.3) is 5.69 Å². The zero-order valence-electron chi connectivity index (χ0n) is 13.7. The van der Waals surface area contributed by atoms with Crippen molar-refractivity contribution in [3.8, 4) is 0 Å². The average Bonchev–Trinajstić information content (AvgIpc) is 2.54. The molecule has 0 bridgehead atoms. The Labute approximate surface area is 140 Å². The molecule has 2 rings (SSSR count). The third-order valence-electron chi connectivity index (χ3n) is 3.15. The van der Waals surface area contributed by atoms with Crippen LogP contribution in [0.5, 0.6) is 0 Å². The van der Waals surface area contributed by atoms with E-state index in [1.54, 1.807) is 24.3 Å². The van der Waals surface area contributed by atoms with Gasteiger partial charge in [-0.3, -0.25) is 10.1 Å². The molecular weight excluding hydrogens is 308 g/mol. The second kappa shape index (κ2) is 8.16. The zero-order valence-corrected chi connectivity index (χ0v) is 13.7. The molecule has 0 radical (unpaired) electrons. The second-order valence-corrected chi connectivity index (χ2v) is 5.77. The van der Waals surface area contributed by atoms with Gasteiger partial charge in [-0.1, -0.05) is 13.8 Å². The molecule has 0 atom stereocenters. The van der Waals surface area contributed by atoms with Crippen LogP contribution >= 0.6 is 0 Å². The number of nitro benzene ring substituents is 1. The lowest BCUT2D eigenvalue weighted by molar-refractivity contribution is -0.384. The Morgan fingerprint density at radius 1 is 1.17 bits per heavy atom. The molecule has 2 aromatic carbocycles. The predicted molar refractivity (Wildman–Crippen MR) is 92.6 cm³/mol. The smallest absolute Gasteiger partial charge is 0.269 e. The van der Waals surface area contributed by atoms with E-state index in [0.29, 0.717) is 36.2 Å². The monoisotopic (exact) mass is 328 g/mol. The van der Waals surface area contributed by atoms with Crippen LogP contribution in [-0.2, 0) is 11.3 Å². The quantitative estimate of drug-likeness (QED) is 0.342. The van der Waals surface area contributed by atoms with Crippen LogP contribution in [0, 0.1) is 16.0 Å². The molecule has 0 spiro atoms. The Bertz CT molecular complexity index is 727. The predicted octanol–water partition coefficient (Wildman–Crippen LogP) is 4.77. The van der Waals surface area contributed by atoms with Crippen molar-refractivity contribution in [3.63, 3.8) is 0 Å². The van der Waals surface area contributed by atoms with Crippen LogP contribution in [0.15, 0.2) is 52.7 Å². The molecule has 2 N–H and O–H groups in total. The summed E-state index contributed by atoms with van der Waals surface area (Å²) in [4.78, 5) is 10.2. The molecular formula is C17H20N4O3. The first-order valence-corrected chi connectivity index (χ1v) is 7.58. The lowest BCUT2D eigenvalue weighted by Gasteiger charge is -2.09. The highest BCUT2D eigenvalue weighted by Gasteiger charge is 2.06. The molecule has 0 aliphatic rings. The van der Waals surface area contributed by atoms with Crippen molar-refractivity contribution in [2.24, 2.45) is 16.1 Å². The SMILES string of the molecule is CC(C)COCc1cc(N)ccc1N=Nc1ccc([N+](=O)[O-])cc1. The van der Waals surface area contributed by atoms with E-state index in [1.807, 2.05) is 6.07 Å². The molecule has 7 nitrogen and oxygen atoms in total. The number of nitro groups is 1.